The number of carbonyl (C=O) groups excluding carboxylic acids is 1. The Labute approximate surface area is 166 Å². The molecule has 2 aromatic heterocycles. The van der Waals surface area contributed by atoms with E-state index in [1.807, 2.05) is 16.0 Å². The Morgan fingerprint density at radius 1 is 1.18 bits per heavy atom. The number of fused-ring (bicyclic) bond motifs is 1. The third-order valence-corrected chi connectivity index (χ3v) is 5.61. The van der Waals surface area contributed by atoms with Crippen molar-refractivity contribution in [3.63, 3.8) is 0 Å². The van der Waals surface area contributed by atoms with Crippen molar-refractivity contribution in [3.05, 3.63) is 76.4 Å². The number of thiazole rings is 1. The fourth-order valence-corrected chi connectivity index (χ4v) is 3.87. The first kappa shape index (κ1) is 18.0. The third kappa shape index (κ3) is 3.53. The largest absolute Gasteiger partial charge is 0.326 e. The van der Waals surface area contributed by atoms with Crippen LogP contribution < -0.4 is 5.32 Å². The van der Waals surface area contributed by atoms with Gasteiger partial charge in [-0.2, -0.15) is 5.26 Å². The number of hydrogen-bond acceptors (Lipinski definition) is 4. The molecule has 2 aromatic carbocycles. The molecule has 0 bridgehead atoms. The molecule has 28 heavy (non-hydrogen) atoms. The van der Waals surface area contributed by atoms with E-state index in [9.17, 15) is 4.79 Å². The van der Waals surface area contributed by atoms with Crippen molar-refractivity contribution in [2.24, 2.45) is 0 Å². The lowest BCUT2D eigenvalue weighted by Crippen LogP contribution is -2.15. The van der Waals surface area contributed by atoms with E-state index >= 15 is 0 Å². The van der Waals surface area contributed by atoms with Crippen LogP contribution in [0.5, 0.6) is 0 Å². The van der Waals surface area contributed by atoms with E-state index in [-0.39, 0.29) is 12.3 Å². The maximum atomic E-state index is 12.4. The van der Waals surface area contributed by atoms with Gasteiger partial charge in [-0.05, 0) is 55.3 Å². The molecule has 4 rings (SSSR count). The van der Waals surface area contributed by atoms with Crippen LogP contribution in [0.1, 0.15) is 22.4 Å². The summed E-state index contributed by atoms with van der Waals surface area (Å²) in [5, 5.41) is 13.7. The SMILES string of the molecule is Cc1ccc(-c2cn3c(CC(=O)Nc4ccc(C#N)cc4)csc3n2)cc1C. The molecule has 5 nitrogen and oxygen atoms in total. The van der Waals surface area contributed by atoms with Gasteiger partial charge in [0, 0.05) is 28.5 Å². The van der Waals surface area contributed by atoms with Gasteiger partial charge >= 0.3 is 0 Å². The minimum atomic E-state index is -0.106. The molecule has 0 atom stereocenters. The molecule has 6 heteroatoms. The van der Waals surface area contributed by atoms with Crippen molar-refractivity contribution >= 4 is 27.9 Å². The minimum absolute atomic E-state index is 0.106. The zero-order valence-electron chi connectivity index (χ0n) is 15.6. The van der Waals surface area contributed by atoms with Gasteiger partial charge in [-0.3, -0.25) is 9.20 Å². The topological polar surface area (TPSA) is 70.2 Å². The summed E-state index contributed by atoms with van der Waals surface area (Å²) in [6.07, 6.45) is 2.24. The Hall–Kier alpha value is -3.43. The number of anilines is 1. The van der Waals surface area contributed by atoms with Crippen LogP contribution in [0.25, 0.3) is 16.2 Å². The number of aryl methyl sites for hydroxylation is 2. The zero-order valence-corrected chi connectivity index (χ0v) is 16.4. The predicted octanol–water partition coefficient (Wildman–Crippen LogP) is 4.73. The summed E-state index contributed by atoms with van der Waals surface area (Å²) in [6, 6.07) is 15.2. The summed E-state index contributed by atoms with van der Waals surface area (Å²) in [5.74, 6) is -0.106. The highest BCUT2D eigenvalue weighted by atomic mass is 32.1. The second kappa shape index (κ2) is 7.29. The Morgan fingerprint density at radius 2 is 1.96 bits per heavy atom. The number of amides is 1. The van der Waals surface area contributed by atoms with Crippen LogP contribution in [-0.2, 0) is 11.2 Å². The highest BCUT2D eigenvalue weighted by Gasteiger charge is 2.13. The average Bonchev–Trinajstić information content (AvgIpc) is 3.26. The van der Waals surface area contributed by atoms with Gasteiger partial charge in [0.15, 0.2) is 4.96 Å². The summed E-state index contributed by atoms with van der Waals surface area (Å²) in [7, 11) is 0. The number of rotatable bonds is 4. The van der Waals surface area contributed by atoms with Gasteiger partial charge in [0.1, 0.15) is 0 Å². The van der Waals surface area contributed by atoms with E-state index in [2.05, 4.69) is 43.4 Å². The van der Waals surface area contributed by atoms with Gasteiger partial charge in [-0.25, -0.2) is 4.98 Å². The van der Waals surface area contributed by atoms with E-state index in [4.69, 9.17) is 10.2 Å². The van der Waals surface area contributed by atoms with Crippen LogP contribution in [-0.4, -0.2) is 15.3 Å². The standard InChI is InChI=1S/C22H18N4OS/c1-14-3-6-17(9-15(14)2)20-12-26-19(13-28-22(26)25-20)10-21(27)24-18-7-4-16(11-23)5-8-18/h3-9,12-13H,10H2,1-2H3,(H,24,27). The summed E-state index contributed by atoms with van der Waals surface area (Å²) in [6.45, 7) is 4.19. The first-order chi connectivity index (χ1) is 13.5. The minimum Gasteiger partial charge on any atom is -0.326 e. The van der Waals surface area contributed by atoms with Crippen LogP contribution in [0.4, 0.5) is 5.69 Å². The normalized spacial score (nSPS) is 10.8. The number of nitrogens with one attached hydrogen (secondary N) is 1. The van der Waals surface area contributed by atoms with Crippen molar-refractivity contribution in [2.45, 2.75) is 20.3 Å². The fraction of sp³-hybridized carbons (Fsp3) is 0.136. The second-order valence-electron chi connectivity index (χ2n) is 6.72. The van der Waals surface area contributed by atoms with Gasteiger partial charge in [-0.1, -0.05) is 12.1 Å². The highest BCUT2D eigenvalue weighted by Crippen LogP contribution is 2.25. The Kier molecular flexibility index (Phi) is 4.68. The first-order valence-corrected chi connectivity index (χ1v) is 9.74. The predicted molar refractivity (Wildman–Crippen MR) is 111 cm³/mol. The molecule has 2 heterocycles. The summed E-state index contributed by atoms with van der Waals surface area (Å²) >= 11 is 1.53. The number of imidazole rings is 1. The van der Waals surface area contributed by atoms with Gasteiger partial charge in [0.25, 0.3) is 0 Å². The quantitative estimate of drug-likeness (QED) is 0.551. The molecule has 0 aliphatic heterocycles. The molecule has 0 aliphatic rings. The molecule has 4 aromatic rings. The number of hydrogen-bond donors (Lipinski definition) is 1. The zero-order chi connectivity index (χ0) is 19.7. The summed E-state index contributed by atoms with van der Waals surface area (Å²) < 4.78 is 1.98. The van der Waals surface area contributed by atoms with Crippen molar-refractivity contribution in [1.29, 1.82) is 5.26 Å². The number of carbonyl (C=O) groups is 1. The van der Waals surface area contributed by atoms with Crippen LogP contribution >= 0.6 is 11.3 Å². The highest BCUT2D eigenvalue weighted by molar-refractivity contribution is 7.15. The second-order valence-corrected chi connectivity index (χ2v) is 7.56. The van der Waals surface area contributed by atoms with Gasteiger partial charge in [0.2, 0.25) is 5.91 Å². The van der Waals surface area contributed by atoms with Crippen LogP contribution in [0.2, 0.25) is 0 Å². The summed E-state index contributed by atoms with van der Waals surface area (Å²) in [5.41, 5.74) is 6.61. The average molecular weight is 386 g/mol. The lowest BCUT2D eigenvalue weighted by atomic mass is 10.0. The fourth-order valence-electron chi connectivity index (χ4n) is 2.99. The lowest BCUT2D eigenvalue weighted by molar-refractivity contribution is -0.115. The van der Waals surface area contributed by atoms with E-state index in [1.165, 1.54) is 22.5 Å². The van der Waals surface area contributed by atoms with E-state index in [0.29, 0.717) is 11.3 Å². The van der Waals surface area contributed by atoms with Crippen molar-refractivity contribution < 1.29 is 4.79 Å². The maximum Gasteiger partial charge on any atom is 0.230 e. The Morgan fingerprint density at radius 3 is 2.68 bits per heavy atom. The molecule has 0 saturated carbocycles. The van der Waals surface area contributed by atoms with E-state index in [0.717, 1.165) is 21.9 Å². The van der Waals surface area contributed by atoms with Crippen LogP contribution in [0.15, 0.2) is 54.0 Å². The molecule has 0 unspecified atom stereocenters. The van der Waals surface area contributed by atoms with Crippen molar-refractivity contribution in [3.8, 4) is 17.3 Å². The molecule has 138 valence electrons. The Bertz CT molecular complexity index is 1210. The molecule has 0 spiro atoms. The summed E-state index contributed by atoms with van der Waals surface area (Å²) in [4.78, 5) is 18.0. The number of nitrogens with zero attached hydrogens (tertiary/aromatic N) is 3. The van der Waals surface area contributed by atoms with Crippen molar-refractivity contribution in [2.75, 3.05) is 5.32 Å². The number of nitriles is 1. The van der Waals surface area contributed by atoms with Crippen molar-refractivity contribution in [1.82, 2.24) is 9.38 Å². The molecule has 1 amide bonds. The smallest absolute Gasteiger partial charge is 0.230 e. The third-order valence-electron chi connectivity index (χ3n) is 4.73. The first-order valence-electron chi connectivity index (χ1n) is 8.86. The lowest BCUT2D eigenvalue weighted by Gasteiger charge is -2.05. The van der Waals surface area contributed by atoms with E-state index in [1.54, 1.807) is 24.3 Å². The van der Waals surface area contributed by atoms with Gasteiger partial charge in [-0.15, -0.1) is 11.3 Å². The molecular formula is C22H18N4OS. The molecular weight excluding hydrogens is 368 g/mol. The number of benzene rings is 2. The molecule has 0 saturated heterocycles. The van der Waals surface area contributed by atoms with Crippen LogP contribution in [0, 0.1) is 25.2 Å². The van der Waals surface area contributed by atoms with Gasteiger partial charge < -0.3 is 5.32 Å². The molecule has 0 fully saturated rings. The molecule has 0 radical (unpaired) electrons. The van der Waals surface area contributed by atoms with Gasteiger partial charge in [0.05, 0.1) is 23.7 Å². The monoisotopic (exact) mass is 386 g/mol. The number of aromatic nitrogens is 2. The maximum absolute atomic E-state index is 12.4. The Balaban J connectivity index is 1.54. The molecule has 1 N–H and O–H groups in total. The van der Waals surface area contributed by atoms with E-state index < -0.39 is 0 Å². The van der Waals surface area contributed by atoms with Crippen LogP contribution in [0.3, 0.4) is 0 Å². The molecule has 0 aliphatic carbocycles.